The van der Waals surface area contributed by atoms with E-state index in [4.69, 9.17) is 9.47 Å². The Hall–Kier alpha value is -3.72. The molecule has 1 unspecified atom stereocenters. The molecular weight excluding hydrogens is 456 g/mol. The zero-order valence-electron chi connectivity index (χ0n) is 22.2. The lowest BCUT2D eigenvalue weighted by molar-refractivity contribution is 0.0165. The van der Waals surface area contributed by atoms with Gasteiger partial charge in [-0.15, -0.1) is 0 Å². The van der Waals surface area contributed by atoms with Crippen LogP contribution in [0.5, 0.6) is 17.2 Å². The van der Waals surface area contributed by atoms with Crippen molar-refractivity contribution in [3.05, 3.63) is 124 Å². The molecule has 5 rings (SSSR count). The smallest absolute Gasteiger partial charge is 0.140 e. The normalized spacial score (nSPS) is 16.8. The van der Waals surface area contributed by atoms with Crippen LogP contribution in [0.25, 0.3) is 0 Å². The molecular formula is C34H35O3. The lowest BCUT2D eigenvalue weighted by Gasteiger charge is -2.37. The molecule has 0 spiro atoms. The Bertz CT molecular complexity index is 1320. The third-order valence-corrected chi connectivity index (χ3v) is 7.82. The van der Waals surface area contributed by atoms with Gasteiger partial charge < -0.3 is 14.6 Å². The minimum atomic E-state index is -0.439. The quantitative estimate of drug-likeness (QED) is 0.288. The van der Waals surface area contributed by atoms with E-state index in [9.17, 15) is 5.11 Å². The highest BCUT2D eigenvalue weighted by Crippen LogP contribution is 2.43. The van der Waals surface area contributed by atoms with E-state index in [0.29, 0.717) is 12.4 Å². The molecule has 0 saturated carbocycles. The van der Waals surface area contributed by atoms with Gasteiger partial charge in [-0.25, -0.2) is 0 Å². The first-order valence-electron chi connectivity index (χ1n) is 13.1. The Morgan fingerprint density at radius 1 is 0.892 bits per heavy atom. The number of rotatable bonds is 7. The van der Waals surface area contributed by atoms with Crippen molar-refractivity contribution in [3.8, 4) is 17.2 Å². The SMILES string of the molecule is Cc1c(C)c2c(c(C)c1O)CCC(C)(COc1[c]cc(CC(c3ccccc3)c3ccccc3)cc1)O2. The van der Waals surface area contributed by atoms with Crippen molar-refractivity contribution in [2.24, 2.45) is 0 Å². The first-order valence-corrected chi connectivity index (χ1v) is 13.1. The molecule has 1 radical (unpaired) electrons. The van der Waals surface area contributed by atoms with Crippen molar-refractivity contribution in [1.29, 1.82) is 0 Å². The standard InChI is InChI=1S/C34H35O3/c1-23-24(2)33-30(25(3)32(23)35)19-20-34(4,37-33)22-36-29-17-15-26(16-18-29)21-31(27-11-7-5-8-12-27)28-13-9-6-10-14-28/h5-17,31,35H,19-22H2,1-4H3. The predicted octanol–water partition coefficient (Wildman–Crippen LogP) is 7.65. The maximum atomic E-state index is 10.4. The van der Waals surface area contributed by atoms with Crippen LogP contribution in [0.1, 0.15) is 58.2 Å². The summed E-state index contributed by atoms with van der Waals surface area (Å²) < 4.78 is 12.7. The molecule has 0 saturated heterocycles. The van der Waals surface area contributed by atoms with Crippen LogP contribution in [0.2, 0.25) is 0 Å². The Kier molecular flexibility index (Phi) is 6.97. The highest BCUT2D eigenvalue weighted by molar-refractivity contribution is 5.58. The van der Waals surface area contributed by atoms with Gasteiger partial charge in [-0.05, 0) is 92.5 Å². The largest absolute Gasteiger partial charge is 0.507 e. The number of fused-ring (bicyclic) bond motifs is 1. The molecule has 3 heteroatoms. The van der Waals surface area contributed by atoms with E-state index < -0.39 is 5.60 Å². The molecule has 0 bridgehead atoms. The molecule has 1 N–H and O–H groups in total. The number of phenols is 1. The van der Waals surface area contributed by atoms with E-state index in [1.54, 1.807) is 0 Å². The maximum Gasteiger partial charge on any atom is 0.140 e. The Morgan fingerprint density at radius 2 is 1.54 bits per heavy atom. The van der Waals surface area contributed by atoms with E-state index in [0.717, 1.165) is 53.0 Å². The van der Waals surface area contributed by atoms with E-state index in [1.165, 1.54) is 16.7 Å². The van der Waals surface area contributed by atoms with Crippen LogP contribution in [0, 0.1) is 26.8 Å². The van der Waals surface area contributed by atoms with Crippen molar-refractivity contribution in [2.45, 2.75) is 58.5 Å². The van der Waals surface area contributed by atoms with Crippen LogP contribution in [0.15, 0.2) is 78.9 Å². The third-order valence-electron chi connectivity index (χ3n) is 7.82. The summed E-state index contributed by atoms with van der Waals surface area (Å²) in [6.07, 6.45) is 2.59. The Balaban J connectivity index is 1.28. The van der Waals surface area contributed by atoms with Crippen molar-refractivity contribution < 1.29 is 14.6 Å². The molecule has 0 fully saturated rings. The molecule has 0 aromatic heterocycles. The van der Waals surface area contributed by atoms with Crippen LogP contribution in [0.4, 0.5) is 0 Å². The topological polar surface area (TPSA) is 38.7 Å². The van der Waals surface area contributed by atoms with Crippen molar-refractivity contribution in [1.82, 2.24) is 0 Å². The van der Waals surface area contributed by atoms with Gasteiger partial charge in [-0.2, -0.15) is 0 Å². The van der Waals surface area contributed by atoms with Crippen molar-refractivity contribution >= 4 is 0 Å². The second kappa shape index (κ2) is 10.3. The lowest BCUT2D eigenvalue weighted by Crippen LogP contribution is -2.42. The van der Waals surface area contributed by atoms with Crippen molar-refractivity contribution in [3.63, 3.8) is 0 Å². The summed E-state index contributed by atoms with van der Waals surface area (Å²) in [4.78, 5) is 0. The molecule has 4 aromatic carbocycles. The maximum absolute atomic E-state index is 10.4. The molecule has 1 atom stereocenters. The summed E-state index contributed by atoms with van der Waals surface area (Å²) in [6, 6.07) is 30.9. The fourth-order valence-corrected chi connectivity index (χ4v) is 5.32. The van der Waals surface area contributed by atoms with Gasteiger partial charge >= 0.3 is 0 Å². The number of hydrogen-bond donors (Lipinski definition) is 1. The summed E-state index contributed by atoms with van der Waals surface area (Å²) in [5.41, 5.74) is 7.33. The molecule has 1 aliphatic rings. The van der Waals surface area contributed by atoms with E-state index in [2.05, 4.69) is 79.7 Å². The van der Waals surface area contributed by atoms with Crippen molar-refractivity contribution in [2.75, 3.05) is 6.61 Å². The highest BCUT2D eigenvalue weighted by atomic mass is 16.5. The summed E-state index contributed by atoms with van der Waals surface area (Å²) in [7, 11) is 0. The number of aromatic hydroxyl groups is 1. The lowest BCUT2D eigenvalue weighted by atomic mass is 9.86. The molecule has 1 aliphatic heterocycles. The number of phenolic OH excluding ortho intramolecular Hbond substituents is 1. The van der Waals surface area contributed by atoms with Crippen LogP contribution in [-0.2, 0) is 12.8 Å². The minimum Gasteiger partial charge on any atom is -0.507 e. The van der Waals surface area contributed by atoms with Crippen LogP contribution in [0.3, 0.4) is 0 Å². The first kappa shape index (κ1) is 25.0. The second-order valence-corrected chi connectivity index (χ2v) is 10.5. The first-order chi connectivity index (χ1) is 17.8. The molecule has 3 nitrogen and oxygen atoms in total. The number of benzene rings is 4. The van der Waals surface area contributed by atoms with Crippen LogP contribution in [-0.4, -0.2) is 17.3 Å². The van der Waals surface area contributed by atoms with Crippen LogP contribution >= 0.6 is 0 Å². The average Bonchev–Trinajstić information content (AvgIpc) is 2.94. The molecule has 0 amide bonds. The zero-order valence-corrected chi connectivity index (χ0v) is 22.2. The molecule has 1 heterocycles. The monoisotopic (exact) mass is 491 g/mol. The number of ether oxygens (including phenoxy) is 2. The zero-order chi connectivity index (χ0) is 26.0. The summed E-state index contributed by atoms with van der Waals surface area (Å²) in [6.45, 7) is 8.48. The Labute approximate surface area is 220 Å². The van der Waals surface area contributed by atoms with Gasteiger partial charge in [-0.3, -0.25) is 0 Å². The average molecular weight is 492 g/mol. The second-order valence-electron chi connectivity index (χ2n) is 10.5. The van der Waals surface area contributed by atoms with Gasteiger partial charge in [0.1, 0.15) is 29.5 Å². The van der Waals surface area contributed by atoms with Gasteiger partial charge in [0.15, 0.2) is 0 Å². The van der Waals surface area contributed by atoms with Gasteiger partial charge in [0, 0.05) is 17.5 Å². The summed E-state index contributed by atoms with van der Waals surface area (Å²) in [5, 5.41) is 10.4. The molecule has 0 aliphatic carbocycles. The van der Waals surface area contributed by atoms with Crippen LogP contribution < -0.4 is 9.47 Å². The third kappa shape index (κ3) is 5.22. The minimum absolute atomic E-state index is 0.284. The molecule has 4 aromatic rings. The van der Waals surface area contributed by atoms with E-state index in [1.807, 2.05) is 32.9 Å². The molecule has 37 heavy (non-hydrogen) atoms. The van der Waals surface area contributed by atoms with Gasteiger partial charge in [0.05, 0.1) is 0 Å². The fourth-order valence-electron chi connectivity index (χ4n) is 5.32. The number of hydrogen-bond acceptors (Lipinski definition) is 3. The fraction of sp³-hybridized carbons (Fsp3) is 0.294. The summed E-state index contributed by atoms with van der Waals surface area (Å²) in [5.74, 6) is 2.30. The van der Waals surface area contributed by atoms with Gasteiger partial charge in [0.2, 0.25) is 0 Å². The predicted molar refractivity (Wildman–Crippen MR) is 149 cm³/mol. The molecule has 189 valence electrons. The Morgan fingerprint density at radius 3 is 2.14 bits per heavy atom. The van der Waals surface area contributed by atoms with E-state index >= 15 is 0 Å². The van der Waals surface area contributed by atoms with Gasteiger partial charge in [0.25, 0.3) is 0 Å². The van der Waals surface area contributed by atoms with E-state index in [-0.39, 0.29) is 5.92 Å². The van der Waals surface area contributed by atoms with Gasteiger partial charge in [-0.1, -0.05) is 66.7 Å². The summed E-state index contributed by atoms with van der Waals surface area (Å²) >= 11 is 0. The highest BCUT2D eigenvalue weighted by Gasteiger charge is 2.35.